The van der Waals surface area contributed by atoms with Crippen LogP contribution in [0, 0.1) is 34.9 Å². The van der Waals surface area contributed by atoms with Crippen LogP contribution in [0.3, 0.4) is 0 Å². The molecule has 58 heavy (non-hydrogen) atoms. The molecule has 0 aliphatic carbocycles. The number of amides is 2. The van der Waals surface area contributed by atoms with Gasteiger partial charge in [0.2, 0.25) is 0 Å². The Hall–Kier alpha value is -5.70. The van der Waals surface area contributed by atoms with Crippen molar-refractivity contribution in [3.05, 3.63) is 131 Å². The molecule has 0 aromatic heterocycles. The van der Waals surface area contributed by atoms with Crippen LogP contribution in [0.15, 0.2) is 84.9 Å². The number of unbranched alkanes of at least 4 members (excludes halogenated alkanes) is 3. The second-order valence-corrected chi connectivity index (χ2v) is 12.5. The molecular weight excluding hydrogens is 768 g/mol. The molecule has 4 aromatic carbocycles. The molecule has 0 bridgehead atoms. The first-order valence-corrected chi connectivity index (χ1v) is 17.9. The van der Waals surface area contributed by atoms with E-state index < -0.39 is 95.1 Å². The average molecular weight is 820 g/mol. The zero-order valence-corrected chi connectivity index (χ0v) is 30.6. The van der Waals surface area contributed by atoms with Gasteiger partial charge in [0.15, 0.2) is 46.3 Å². The van der Waals surface area contributed by atoms with Crippen LogP contribution >= 0.6 is 0 Å². The Labute approximate surface area is 335 Å². The van der Waals surface area contributed by atoms with Gasteiger partial charge in [-0.2, -0.15) is 0 Å². The number of carbonyl (C=O) groups excluding carboxylic acids is 4. The molecule has 0 saturated heterocycles. The summed E-state index contributed by atoms with van der Waals surface area (Å²) < 4.78 is 91.1. The Kier molecular flexibility index (Phi) is 22.8. The lowest BCUT2D eigenvalue weighted by Gasteiger charge is -2.18. The summed E-state index contributed by atoms with van der Waals surface area (Å²) >= 11 is 0. The van der Waals surface area contributed by atoms with Gasteiger partial charge in [-0.05, 0) is 92.9 Å². The quantitative estimate of drug-likeness (QED) is 0.0600. The number of halogens is 6. The lowest BCUT2D eigenvalue weighted by molar-refractivity contribution is -0.123. The molecule has 0 heterocycles. The van der Waals surface area contributed by atoms with Gasteiger partial charge >= 0.3 is 0 Å². The van der Waals surface area contributed by atoms with Crippen molar-refractivity contribution in [2.75, 3.05) is 19.8 Å². The van der Waals surface area contributed by atoms with Crippen LogP contribution in [-0.4, -0.2) is 55.2 Å². The fraction of sp³-hybridized carbons (Fsp3) is 0.349. The lowest BCUT2D eigenvalue weighted by Crippen LogP contribution is -2.43. The molecule has 9 nitrogen and oxygen atoms in total. The number of ketones is 2. The third-order valence-electron chi connectivity index (χ3n) is 8.16. The van der Waals surface area contributed by atoms with E-state index in [9.17, 15) is 45.5 Å². The van der Waals surface area contributed by atoms with E-state index in [4.69, 9.17) is 15.2 Å². The third kappa shape index (κ3) is 16.4. The van der Waals surface area contributed by atoms with E-state index in [1.807, 2.05) is 6.92 Å². The standard InChI is InChI=1S/C21H22F3NO3.C20H21F3N2O3.2CH4/c1-2-3-4-11-18(25-21(27)14-7-5-8-15(22)12-14)19(26)13-28-20-16(23)9-6-10-17(20)24;21-14-6-3-5-13(11-14)20(27)25-17(9-1-2-10-24)18(26)12-28-19-15(22)7-4-8-16(19)23;;/h5-10,12,18H,2-4,11,13H2,1H3,(H,25,27);3-8,11,17H,1-2,9-10,12,24H2,(H,25,27);2*1H4/t18-;17-;;/m00../s1. The molecule has 15 heteroatoms. The smallest absolute Gasteiger partial charge is 0.251 e. The molecule has 0 saturated carbocycles. The van der Waals surface area contributed by atoms with Crippen LogP contribution in [0.1, 0.15) is 87.4 Å². The molecule has 0 radical (unpaired) electrons. The molecule has 2 amide bonds. The summed E-state index contributed by atoms with van der Waals surface area (Å²) in [7, 11) is 0. The molecule has 0 unspecified atom stereocenters. The molecule has 4 N–H and O–H groups in total. The highest BCUT2D eigenvalue weighted by Gasteiger charge is 2.24. The predicted octanol–water partition coefficient (Wildman–Crippen LogP) is 8.68. The number of rotatable bonds is 20. The topological polar surface area (TPSA) is 137 Å². The third-order valence-corrected chi connectivity index (χ3v) is 8.16. The fourth-order valence-electron chi connectivity index (χ4n) is 5.19. The van der Waals surface area contributed by atoms with E-state index in [-0.39, 0.29) is 32.4 Å². The Morgan fingerprint density at radius 3 is 1.28 bits per heavy atom. The van der Waals surface area contributed by atoms with Gasteiger partial charge in [0.05, 0.1) is 12.1 Å². The highest BCUT2D eigenvalue weighted by atomic mass is 19.2. The van der Waals surface area contributed by atoms with Gasteiger partial charge in [0.25, 0.3) is 11.8 Å². The zero-order chi connectivity index (χ0) is 41.0. The van der Waals surface area contributed by atoms with E-state index in [0.717, 1.165) is 49.2 Å². The molecule has 0 aliphatic rings. The minimum atomic E-state index is -0.961. The van der Waals surface area contributed by atoms with Crippen LogP contribution in [0.25, 0.3) is 0 Å². The number of para-hydroxylation sites is 2. The van der Waals surface area contributed by atoms with Gasteiger partial charge in [-0.3, -0.25) is 19.2 Å². The minimum absolute atomic E-state index is 0. The number of hydrogen-bond donors (Lipinski definition) is 3. The first-order chi connectivity index (χ1) is 26.8. The summed E-state index contributed by atoms with van der Waals surface area (Å²) in [5.41, 5.74) is 5.58. The van der Waals surface area contributed by atoms with Crippen molar-refractivity contribution in [3.63, 3.8) is 0 Å². The number of hydrogen-bond acceptors (Lipinski definition) is 7. The molecule has 0 aliphatic heterocycles. The van der Waals surface area contributed by atoms with Gasteiger partial charge in [-0.25, -0.2) is 26.3 Å². The monoisotopic (exact) mass is 819 g/mol. The lowest BCUT2D eigenvalue weighted by atomic mass is 10.0. The van der Waals surface area contributed by atoms with Crippen LogP contribution in [0.2, 0.25) is 0 Å². The molecule has 316 valence electrons. The summed E-state index contributed by atoms with van der Waals surface area (Å²) in [6, 6.07) is 14.7. The number of benzene rings is 4. The molecular formula is C43H51F6N3O6. The SMILES string of the molecule is C.C.CCCCC[C@H](NC(=O)c1cccc(F)c1)C(=O)COc1c(F)cccc1F.NCCCC[C@H](NC(=O)c1cccc(F)c1)C(=O)COc1c(F)cccc1F. The highest BCUT2D eigenvalue weighted by molar-refractivity contribution is 5.99. The van der Waals surface area contributed by atoms with Gasteiger partial charge < -0.3 is 25.8 Å². The van der Waals surface area contributed by atoms with Crippen molar-refractivity contribution >= 4 is 23.4 Å². The van der Waals surface area contributed by atoms with E-state index >= 15 is 0 Å². The Morgan fingerprint density at radius 2 is 0.931 bits per heavy atom. The molecule has 0 fully saturated rings. The van der Waals surface area contributed by atoms with Crippen molar-refractivity contribution < 1.29 is 55.0 Å². The second-order valence-electron chi connectivity index (χ2n) is 12.5. The Bertz CT molecular complexity index is 1750. The van der Waals surface area contributed by atoms with E-state index in [0.29, 0.717) is 32.2 Å². The maximum Gasteiger partial charge on any atom is 0.251 e. The first kappa shape index (κ1) is 50.3. The molecule has 4 rings (SSSR count). The van der Waals surface area contributed by atoms with Crippen LogP contribution in [-0.2, 0) is 9.59 Å². The summed E-state index contributed by atoms with van der Waals surface area (Å²) in [4.78, 5) is 49.6. The van der Waals surface area contributed by atoms with Gasteiger partial charge in [0, 0.05) is 11.1 Å². The first-order valence-electron chi connectivity index (χ1n) is 17.9. The molecule has 4 aromatic rings. The number of nitrogens with one attached hydrogen (secondary N) is 2. The average Bonchev–Trinajstić information content (AvgIpc) is 3.17. The van der Waals surface area contributed by atoms with Crippen LogP contribution in [0.5, 0.6) is 11.5 Å². The predicted molar refractivity (Wildman–Crippen MR) is 210 cm³/mol. The van der Waals surface area contributed by atoms with Gasteiger partial charge in [-0.1, -0.05) is 65.3 Å². The maximum absolute atomic E-state index is 13.6. The summed E-state index contributed by atoms with van der Waals surface area (Å²) in [6.07, 6.45) is 4.21. The van der Waals surface area contributed by atoms with Crippen molar-refractivity contribution in [2.45, 2.75) is 78.8 Å². The normalized spacial score (nSPS) is 11.3. The van der Waals surface area contributed by atoms with Crippen LogP contribution < -0.4 is 25.8 Å². The van der Waals surface area contributed by atoms with Crippen molar-refractivity contribution in [3.8, 4) is 11.5 Å². The van der Waals surface area contributed by atoms with E-state index in [1.54, 1.807) is 0 Å². The van der Waals surface area contributed by atoms with E-state index in [2.05, 4.69) is 10.6 Å². The molecule has 0 spiro atoms. The maximum atomic E-state index is 13.6. The summed E-state index contributed by atoms with van der Waals surface area (Å²) in [5, 5.41) is 5.08. The Morgan fingerprint density at radius 1 is 0.569 bits per heavy atom. The summed E-state index contributed by atoms with van der Waals surface area (Å²) in [6.45, 7) is 1.18. The second kappa shape index (κ2) is 26.3. The largest absolute Gasteiger partial charge is 0.480 e. The van der Waals surface area contributed by atoms with Crippen molar-refractivity contribution in [2.24, 2.45) is 5.73 Å². The van der Waals surface area contributed by atoms with Gasteiger partial charge in [0.1, 0.15) is 24.8 Å². The molecule has 2 atom stereocenters. The summed E-state index contributed by atoms with van der Waals surface area (Å²) in [5.74, 6) is -8.49. The zero-order valence-electron chi connectivity index (χ0n) is 30.6. The van der Waals surface area contributed by atoms with Crippen molar-refractivity contribution in [1.82, 2.24) is 10.6 Å². The number of carbonyl (C=O) groups is 4. The minimum Gasteiger partial charge on any atom is -0.480 e. The number of nitrogens with two attached hydrogens (primary N) is 1. The van der Waals surface area contributed by atoms with Crippen molar-refractivity contribution in [1.29, 1.82) is 0 Å². The van der Waals surface area contributed by atoms with E-state index in [1.165, 1.54) is 48.5 Å². The number of ether oxygens (including phenoxy) is 2. The van der Waals surface area contributed by atoms with Gasteiger partial charge in [-0.15, -0.1) is 0 Å². The highest BCUT2D eigenvalue weighted by Crippen LogP contribution is 2.22. The van der Waals surface area contributed by atoms with Crippen LogP contribution in [0.4, 0.5) is 26.3 Å². The Balaban J connectivity index is 0.000000561. The fourth-order valence-corrected chi connectivity index (χ4v) is 5.19. The number of Topliss-reactive ketones (excluding diaryl/α,β-unsaturated/α-hetero) is 2.